The summed E-state index contributed by atoms with van der Waals surface area (Å²) in [7, 11) is 3.46. The molecular formula is C10H18N4O2. The Kier molecular flexibility index (Phi) is 5.52. The Labute approximate surface area is 95.0 Å². The van der Waals surface area contributed by atoms with E-state index in [2.05, 4.69) is 15.7 Å². The molecular weight excluding hydrogens is 208 g/mol. The minimum atomic E-state index is -0.0343. The molecule has 1 aromatic heterocycles. The predicted octanol–water partition coefficient (Wildman–Crippen LogP) is -0.728. The molecule has 2 N–H and O–H groups in total. The van der Waals surface area contributed by atoms with E-state index < -0.39 is 0 Å². The molecule has 0 atom stereocenters. The van der Waals surface area contributed by atoms with Crippen LogP contribution in [0.1, 0.15) is 5.69 Å². The second-order valence-electron chi connectivity index (χ2n) is 3.43. The topological polar surface area (TPSA) is 68.2 Å². The number of nitrogens with one attached hydrogen (secondary N) is 2. The molecule has 6 nitrogen and oxygen atoms in total. The normalized spacial score (nSPS) is 10.4. The van der Waals surface area contributed by atoms with E-state index in [0.29, 0.717) is 26.2 Å². The molecule has 0 fully saturated rings. The van der Waals surface area contributed by atoms with Gasteiger partial charge in [0.05, 0.1) is 18.8 Å². The molecule has 0 aliphatic carbocycles. The zero-order valence-corrected chi connectivity index (χ0v) is 9.69. The monoisotopic (exact) mass is 226 g/mol. The minimum Gasteiger partial charge on any atom is -0.383 e. The van der Waals surface area contributed by atoms with Crippen molar-refractivity contribution in [1.82, 2.24) is 20.4 Å². The van der Waals surface area contributed by atoms with Crippen LogP contribution in [-0.2, 0) is 23.1 Å². The Bertz CT molecular complexity index is 324. The second-order valence-corrected chi connectivity index (χ2v) is 3.43. The lowest BCUT2D eigenvalue weighted by Gasteiger charge is -2.04. The molecule has 6 heteroatoms. The van der Waals surface area contributed by atoms with Gasteiger partial charge in [0, 0.05) is 33.4 Å². The van der Waals surface area contributed by atoms with Gasteiger partial charge in [-0.05, 0) is 6.07 Å². The molecule has 0 saturated carbocycles. The molecule has 0 aromatic carbocycles. The molecule has 16 heavy (non-hydrogen) atoms. The average molecular weight is 226 g/mol. The molecule has 0 aliphatic rings. The van der Waals surface area contributed by atoms with Crippen LogP contribution < -0.4 is 10.6 Å². The molecule has 1 amide bonds. The lowest BCUT2D eigenvalue weighted by atomic mass is 10.4. The summed E-state index contributed by atoms with van der Waals surface area (Å²) in [5.41, 5.74) is 0.923. The van der Waals surface area contributed by atoms with Gasteiger partial charge in [-0.25, -0.2) is 0 Å². The van der Waals surface area contributed by atoms with Crippen LogP contribution in [0.5, 0.6) is 0 Å². The highest BCUT2D eigenvalue weighted by Gasteiger charge is 2.00. The summed E-state index contributed by atoms with van der Waals surface area (Å²) in [6, 6.07) is 1.91. The quantitative estimate of drug-likeness (QED) is 0.602. The van der Waals surface area contributed by atoms with Crippen molar-refractivity contribution in [3.63, 3.8) is 0 Å². The number of nitrogens with zero attached hydrogens (tertiary/aromatic N) is 2. The number of aryl methyl sites for hydroxylation is 1. The Morgan fingerprint density at radius 3 is 3.06 bits per heavy atom. The lowest BCUT2D eigenvalue weighted by molar-refractivity contribution is -0.120. The first kappa shape index (κ1) is 12.7. The van der Waals surface area contributed by atoms with Gasteiger partial charge >= 0.3 is 0 Å². The molecule has 0 unspecified atom stereocenters. The first-order chi connectivity index (χ1) is 7.72. The highest BCUT2D eigenvalue weighted by molar-refractivity contribution is 5.77. The number of carbonyl (C=O) groups is 1. The van der Waals surface area contributed by atoms with Crippen molar-refractivity contribution in [2.45, 2.75) is 6.54 Å². The van der Waals surface area contributed by atoms with Gasteiger partial charge in [-0.1, -0.05) is 0 Å². The SMILES string of the molecule is COCCNC(=O)CNCc1ccn(C)n1. The van der Waals surface area contributed by atoms with E-state index in [1.165, 1.54) is 0 Å². The van der Waals surface area contributed by atoms with Crippen LogP contribution in [0.2, 0.25) is 0 Å². The summed E-state index contributed by atoms with van der Waals surface area (Å²) in [5, 5.41) is 9.92. The predicted molar refractivity (Wildman–Crippen MR) is 59.8 cm³/mol. The Balaban J connectivity index is 2.08. The molecule has 1 aromatic rings. The molecule has 0 aliphatic heterocycles. The van der Waals surface area contributed by atoms with E-state index in [4.69, 9.17) is 4.74 Å². The fourth-order valence-corrected chi connectivity index (χ4v) is 1.22. The maximum absolute atomic E-state index is 11.3. The van der Waals surface area contributed by atoms with Gasteiger partial charge in [-0.3, -0.25) is 9.48 Å². The zero-order valence-electron chi connectivity index (χ0n) is 9.69. The van der Waals surface area contributed by atoms with E-state index in [0.717, 1.165) is 5.69 Å². The summed E-state index contributed by atoms with van der Waals surface area (Å²) in [4.78, 5) is 11.3. The van der Waals surface area contributed by atoms with Crippen molar-refractivity contribution in [3.8, 4) is 0 Å². The van der Waals surface area contributed by atoms with E-state index in [1.807, 2.05) is 19.3 Å². The fourth-order valence-electron chi connectivity index (χ4n) is 1.22. The molecule has 1 heterocycles. The largest absolute Gasteiger partial charge is 0.383 e. The van der Waals surface area contributed by atoms with Gasteiger partial charge in [-0.2, -0.15) is 5.10 Å². The smallest absolute Gasteiger partial charge is 0.234 e. The number of aromatic nitrogens is 2. The van der Waals surface area contributed by atoms with Crippen LogP contribution in [-0.4, -0.2) is 42.5 Å². The van der Waals surface area contributed by atoms with Crippen molar-refractivity contribution in [3.05, 3.63) is 18.0 Å². The van der Waals surface area contributed by atoms with Crippen molar-refractivity contribution >= 4 is 5.91 Å². The molecule has 0 bridgehead atoms. The summed E-state index contributed by atoms with van der Waals surface area (Å²) in [6.45, 7) is 1.96. The number of carbonyl (C=O) groups excluding carboxylic acids is 1. The number of hydrogen-bond donors (Lipinski definition) is 2. The molecule has 0 saturated heterocycles. The number of methoxy groups -OCH3 is 1. The Morgan fingerprint density at radius 2 is 2.44 bits per heavy atom. The van der Waals surface area contributed by atoms with Crippen LogP contribution >= 0.6 is 0 Å². The van der Waals surface area contributed by atoms with Gasteiger partial charge in [0.2, 0.25) is 5.91 Å². The van der Waals surface area contributed by atoms with E-state index in [1.54, 1.807) is 11.8 Å². The van der Waals surface area contributed by atoms with Crippen LogP contribution in [0.4, 0.5) is 0 Å². The van der Waals surface area contributed by atoms with E-state index >= 15 is 0 Å². The lowest BCUT2D eigenvalue weighted by Crippen LogP contribution is -2.35. The standard InChI is InChI=1S/C10H18N4O2/c1-14-5-3-9(13-14)7-11-8-10(15)12-4-6-16-2/h3,5,11H,4,6-8H2,1-2H3,(H,12,15). The third-order valence-corrected chi connectivity index (χ3v) is 1.99. The highest BCUT2D eigenvalue weighted by Crippen LogP contribution is 1.91. The number of ether oxygens (including phenoxy) is 1. The van der Waals surface area contributed by atoms with Gasteiger partial charge < -0.3 is 15.4 Å². The summed E-state index contributed by atoms with van der Waals surface area (Å²) < 4.78 is 6.55. The average Bonchev–Trinajstić information content (AvgIpc) is 2.65. The van der Waals surface area contributed by atoms with Gasteiger partial charge in [0.1, 0.15) is 0 Å². The first-order valence-corrected chi connectivity index (χ1v) is 5.17. The number of hydrogen-bond acceptors (Lipinski definition) is 4. The maximum Gasteiger partial charge on any atom is 0.234 e. The fraction of sp³-hybridized carbons (Fsp3) is 0.600. The van der Waals surface area contributed by atoms with Gasteiger partial charge in [-0.15, -0.1) is 0 Å². The highest BCUT2D eigenvalue weighted by atomic mass is 16.5. The first-order valence-electron chi connectivity index (χ1n) is 5.17. The zero-order chi connectivity index (χ0) is 11.8. The van der Waals surface area contributed by atoms with Crippen LogP contribution in [0.3, 0.4) is 0 Å². The minimum absolute atomic E-state index is 0.0343. The maximum atomic E-state index is 11.3. The van der Waals surface area contributed by atoms with Crippen molar-refractivity contribution in [2.24, 2.45) is 7.05 Å². The molecule has 90 valence electrons. The Morgan fingerprint density at radius 1 is 1.62 bits per heavy atom. The number of rotatable bonds is 7. The van der Waals surface area contributed by atoms with Crippen LogP contribution in [0.15, 0.2) is 12.3 Å². The van der Waals surface area contributed by atoms with Gasteiger partial charge in [0.25, 0.3) is 0 Å². The molecule has 0 radical (unpaired) electrons. The van der Waals surface area contributed by atoms with E-state index in [-0.39, 0.29) is 5.91 Å². The summed E-state index contributed by atoms with van der Waals surface area (Å²) >= 11 is 0. The molecule has 0 spiro atoms. The summed E-state index contributed by atoms with van der Waals surface area (Å²) in [6.07, 6.45) is 1.87. The second kappa shape index (κ2) is 6.97. The Hall–Kier alpha value is -1.40. The van der Waals surface area contributed by atoms with Crippen molar-refractivity contribution in [1.29, 1.82) is 0 Å². The summed E-state index contributed by atoms with van der Waals surface area (Å²) in [5.74, 6) is -0.0343. The third kappa shape index (κ3) is 4.90. The van der Waals surface area contributed by atoms with Crippen LogP contribution in [0, 0.1) is 0 Å². The molecule has 1 rings (SSSR count). The number of amides is 1. The van der Waals surface area contributed by atoms with Crippen LogP contribution in [0.25, 0.3) is 0 Å². The van der Waals surface area contributed by atoms with E-state index in [9.17, 15) is 4.79 Å². The van der Waals surface area contributed by atoms with Crippen molar-refractivity contribution in [2.75, 3.05) is 26.8 Å². The van der Waals surface area contributed by atoms with Gasteiger partial charge in [0.15, 0.2) is 0 Å². The van der Waals surface area contributed by atoms with Crippen molar-refractivity contribution < 1.29 is 9.53 Å². The third-order valence-electron chi connectivity index (χ3n) is 1.99.